The topological polar surface area (TPSA) is 81.2 Å². The van der Waals surface area contributed by atoms with E-state index >= 15 is 0 Å². The quantitative estimate of drug-likeness (QED) is 0.215. The van der Waals surface area contributed by atoms with E-state index in [4.69, 9.17) is 0 Å². The number of carboxylic acids is 1. The van der Waals surface area contributed by atoms with Crippen molar-refractivity contribution in [3.8, 4) is 11.1 Å². The number of rotatable bonds is 13. The number of nitrogens with zero attached hydrogens (tertiary/aromatic N) is 3. The van der Waals surface area contributed by atoms with Crippen LogP contribution in [0.4, 0.5) is 4.39 Å². The zero-order valence-corrected chi connectivity index (χ0v) is 24.4. The fourth-order valence-corrected chi connectivity index (χ4v) is 4.82. The maximum absolute atomic E-state index is 14.1. The minimum atomic E-state index is -1.03. The summed E-state index contributed by atoms with van der Waals surface area (Å²) in [5.41, 5.74) is 3.68. The van der Waals surface area contributed by atoms with Crippen molar-refractivity contribution in [1.29, 1.82) is 0 Å². The van der Waals surface area contributed by atoms with Gasteiger partial charge in [0.15, 0.2) is 0 Å². The minimum absolute atomic E-state index is 0.0319. The zero-order valence-electron chi connectivity index (χ0n) is 24.4. The van der Waals surface area contributed by atoms with Crippen LogP contribution in [0.15, 0.2) is 103 Å². The van der Waals surface area contributed by atoms with Crippen molar-refractivity contribution in [1.82, 2.24) is 14.7 Å². The van der Waals surface area contributed by atoms with Gasteiger partial charge in [-0.2, -0.15) is 0 Å². The van der Waals surface area contributed by atoms with Crippen LogP contribution in [0.25, 0.3) is 11.1 Å². The zero-order chi connectivity index (χ0) is 30.8. The Morgan fingerprint density at radius 3 is 1.58 bits per heavy atom. The largest absolute Gasteiger partial charge is 0.481 e. The summed E-state index contributed by atoms with van der Waals surface area (Å²) in [7, 11) is 3.92. The monoisotopic (exact) mass is 581 g/mol. The summed E-state index contributed by atoms with van der Waals surface area (Å²) < 4.78 is 13.5. The SMILES string of the molecule is CN(C)CCN(Cc1ccccc1)C(=O)c1ccccc1-c1ccccc1C(=O)N(CCC(=O)O)Cc1ccc(F)cc1. The van der Waals surface area contributed by atoms with Crippen LogP contribution in [0.2, 0.25) is 0 Å². The number of halogens is 1. The maximum atomic E-state index is 14.1. The van der Waals surface area contributed by atoms with Crippen LogP contribution in [0, 0.1) is 5.82 Å². The van der Waals surface area contributed by atoms with Crippen molar-refractivity contribution in [3.63, 3.8) is 0 Å². The van der Waals surface area contributed by atoms with Crippen molar-refractivity contribution in [2.75, 3.05) is 33.7 Å². The number of amides is 2. The van der Waals surface area contributed by atoms with Gasteiger partial charge in [0, 0.05) is 43.9 Å². The summed E-state index contributed by atoms with van der Waals surface area (Å²) in [5.74, 6) is -1.96. The second kappa shape index (κ2) is 14.9. The molecule has 222 valence electrons. The van der Waals surface area contributed by atoms with E-state index in [2.05, 4.69) is 0 Å². The molecule has 0 fully saturated rings. The fraction of sp³-hybridized carbons (Fsp3) is 0.229. The summed E-state index contributed by atoms with van der Waals surface area (Å²) in [6, 6.07) is 29.8. The summed E-state index contributed by atoms with van der Waals surface area (Å²) in [6.45, 7) is 1.70. The lowest BCUT2D eigenvalue weighted by Gasteiger charge is -2.27. The molecule has 43 heavy (non-hydrogen) atoms. The lowest BCUT2D eigenvalue weighted by molar-refractivity contribution is -0.137. The molecule has 4 aromatic carbocycles. The highest BCUT2D eigenvalue weighted by molar-refractivity contribution is 6.06. The average molecular weight is 582 g/mol. The standard InChI is InChI=1S/C35H36FN3O4/c1-37(2)22-23-39(24-26-10-4-3-5-11-26)35(43)32-15-9-7-13-30(32)29-12-6-8-14-31(29)34(42)38(21-20-33(40)41)25-27-16-18-28(36)19-17-27/h3-19H,20-25H2,1-2H3,(H,40,41). The molecule has 0 radical (unpaired) electrons. The van der Waals surface area contributed by atoms with Crippen LogP contribution in [-0.4, -0.2) is 71.3 Å². The van der Waals surface area contributed by atoms with Gasteiger partial charge in [0.25, 0.3) is 11.8 Å². The van der Waals surface area contributed by atoms with E-state index in [9.17, 15) is 23.9 Å². The van der Waals surface area contributed by atoms with Crippen molar-refractivity contribution < 1.29 is 23.9 Å². The van der Waals surface area contributed by atoms with Gasteiger partial charge >= 0.3 is 5.97 Å². The molecule has 0 aromatic heterocycles. The van der Waals surface area contributed by atoms with E-state index in [1.165, 1.54) is 17.0 Å². The Bertz CT molecular complexity index is 1540. The number of carbonyl (C=O) groups excluding carboxylic acids is 2. The van der Waals surface area contributed by atoms with Gasteiger partial charge in [-0.05, 0) is 60.6 Å². The van der Waals surface area contributed by atoms with E-state index < -0.39 is 11.8 Å². The molecule has 1 N–H and O–H groups in total. The Labute approximate surface area is 251 Å². The lowest BCUT2D eigenvalue weighted by atomic mass is 9.93. The van der Waals surface area contributed by atoms with Crippen LogP contribution >= 0.6 is 0 Å². The smallest absolute Gasteiger partial charge is 0.305 e. The summed E-state index contributed by atoms with van der Waals surface area (Å²) in [6.07, 6.45) is -0.246. The van der Waals surface area contributed by atoms with Crippen molar-refractivity contribution in [3.05, 3.63) is 131 Å². The fourth-order valence-electron chi connectivity index (χ4n) is 4.82. The van der Waals surface area contributed by atoms with Crippen LogP contribution in [0.3, 0.4) is 0 Å². The molecule has 0 saturated heterocycles. The third kappa shape index (κ3) is 8.59. The third-order valence-electron chi connectivity index (χ3n) is 7.10. The van der Waals surface area contributed by atoms with Gasteiger partial charge in [0.05, 0.1) is 6.42 Å². The van der Waals surface area contributed by atoms with E-state index in [1.54, 1.807) is 36.4 Å². The first-order valence-electron chi connectivity index (χ1n) is 14.1. The molecule has 0 heterocycles. The van der Waals surface area contributed by atoms with Gasteiger partial charge in [0.2, 0.25) is 0 Å². The van der Waals surface area contributed by atoms with Crippen LogP contribution < -0.4 is 0 Å². The molecule has 4 rings (SSSR count). The normalized spacial score (nSPS) is 10.9. The number of benzene rings is 4. The van der Waals surface area contributed by atoms with E-state index in [0.717, 1.165) is 5.56 Å². The first kappa shape index (κ1) is 31.1. The molecular formula is C35H36FN3O4. The molecule has 0 aliphatic rings. The first-order valence-corrected chi connectivity index (χ1v) is 14.1. The van der Waals surface area contributed by atoms with Gasteiger partial charge in [-0.25, -0.2) is 4.39 Å². The molecule has 0 saturated carbocycles. The van der Waals surface area contributed by atoms with Crippen LogP contribution in [0.5, 0.6) is 0 Å². The molecule has 0 atom stereocenters. The van der Waals surface area contributed by atoms with E-state index in [0.29, 0.717) is 47.5 Å². The predicted molar refractivity (Wildman–Crippen MR) is 165 cm³/mol. The molecule has 8 heteroatoms. The summed E-state index contributed by atoms with van der Waals surface area (Å²) in [5, 5.41) is 9.35. The van der Waals surface area contributed by atoms with E-state index in [1.807, 2.05) is 78.5 Å². The Balaban J connectivity index is 1.71. The lowest BCUT2D eigenvalue weighted by Crippen LogP contribution is -2.36. The molecule has 2 amide bonds. The Morgan fingerprint density at radius 2 is 1.07 bits per heavy atom. The molecule has 0 spiro atoms. The second-order valence-corrected chi connectivity index (χ2v) is 10.6. The second-order valence-electron chi connectivity index (χ2n) is 10.6. The highest BCUT2D eigenvalue weighted by Crippen LogP contribution is 2.30. The third-order valence-corrected chi connectivity index (χ3v) is 7.10. The van der Waals surface area contributed by atoms with E-state index in [-0.39, 0.29) is 31.3 Å². The van der Waals surface area contributed by atoms with Gasteiger partial charge in [-0.3, -0.25) is 14.4 Å². The molecule has 4 aromatic rings. The van der Waals surface area contributed by atoms with Crippen molar-refractivity contribution >= 4 is 17.8 Å². The molecule has 0 aliphatic carbocycles. The molecule has 7 nitrogen and oxygen atoms in total. The summed E-state index contributed by atoms with van der Waals surface area (Å²) in [4.78, 5) is 44.9. The Hall–Kier alpha value is -4.82. The molecule has 0 unspecified atom stereocenters. The minimum Gasteiger partial charge on any atom is -0.481 e. The van der Waals surface area contributed by atoms with Gasteiger partial charge in [-0.15, -0.1) is 0 Å². The number of carbonyl (C=O) groups is 3. The number of hydrogen-bond donors (Lipinski definition) is 1. The molecule has 0 bridgehead atoms. The highest BCUT2D eigenvalue weighted by atomic mass is 19.1. The average Bonchev–Trinajstić information content (AvgIpc) is 3.02. The van der Waals surface area contributed by atoms with Gasteiger partial charge in [-0.1, -0.05) is 78.9 Å². The van der Waals surface area contributed by atoms with Crippen molar-refractivity contribution in [2.45, 2.75) is 19.5 Å². The molecular weight excluding hydrogens is 545 g/mol. The molecule has 0 aliphatic heterocycles. The Morgan fingerprint density at radius 1 is 0.605 bits per heavy atom. The number of aliphatic carboxylic acids is 1. The van der Waals surface area contributed by atoms with Crippen molar-refractivity contribution in [2.24, 2.45) is 0 Å². The predicted octanol–water partition coefficient (Wildman–Crippen LogP) is 5.81. The number of likely N-dealkylation sites (N-methyl/N-ethyl adjacent to an activating group) is 1. The van der Waals surface area contributed by atoms with Gasteiger partial charge in [0.1, 0.15) is 5.82 Å². The Kier molecular flexibility index (Phi) is 10.8. The summed E-state index contributed by atoms with van der Waals surface area (Å²) >= 11 is 0. The number of carboxylic acid groups (broad SMARTS) is 1. The maximum Gasteiger partial charge on any atom is 0.305 e. The van der Waals surface area contributed by atoms with Crippen LogP contribution in [-0.2, 0) is 17.9 Å². The van der Waals surface area contributed by atoms with Crippen LogP contribution in [0.1, 0.15) is 38.3 Å². The highest BCUT2D eigenvalue weighted by Gasteiger charge is 2.25. The number of hydrogen-bond acceptors (Lipinski definition) is 4. The van der Waals surface area contributed by atoms with Gasteiger partial charge < -0.3 is 19.8 Å². The first-order chi connectivity index (χ1) is 20.7.